The van der Waals surface area contributed by atoms with E-state index in [1.54, 1.807) is 6.20 Å². The second kappa shape index (κ2) is 9.45. The summed E-state index contributed by atoms with van der Waals surface area (Å²) in [6.45, 7) is 7.88. The molecule has 0 unspecified atom stereocenters. The third-order valence-electron chi connectivity index (χ3n) is 5.79. The van der Waals surface area contributed by atoms with Crippen molar-refractivity contribution in [2.45, 2.75) is 32.6 Å². The number of aryl methyl sites for hydroxylation is 1. The number of likely N-dealkylation sites (tertiary alicyclic amines) is 1. The van der Waals surface area contributed by atoms with E-state index in [-0.39, 0.29) is 5.91 Å². The van der Waals surface area contributed by atoms with Gasteiger partial charge in [0.15, 0.2) is 0 Å². The molecule has 2 aliphatic rings. The van der Waals surface area contributed by atoms with Crippen molar-refractivity contribution in [2.24, 2.45) is 5.92 Å². The Morgan fingerprint density at radius 3 is 2.76 bits per heavy atom. The molecule has 156 valence electrons. The molecule has 0 aliphatic carbocycles. The molecule has 4 heterocycles. The summed E-state index contributed by atoms with van der Waals surface area (Å²) in [5.41, 5.74) is 1.85. The molecule has 2 fully saturated rings. The highest BCUT2D eigenvalue weighted by Gasteiger charge is 2.25. The number of hydrogen-bond donors (Lipinski definition) is 0. The molecular weight excluding hydrogens is 370 g/mol. The molecule has 29 heavy (non-hydrogen) atoms. The Balaban J connectivity index is 1.22. The molecule has 1 amide bonds. The topological polar surface area (TPSA) is 84.6 Å². The van der Waals surface area contributed by atoms with Crippen LogP contribution in [0.15, 0.2) is 22.9 Å². The molecule has 8 nitrogen and oxygen atoms in total. The van der Waals surface area contributed by atoms with E-state index in [9.17, 15) is 4.79 Å². The van der Waals surface area contributed by atoms with Gasteiger partial charge in [0.25, 0.3) is 0 Å². The van der Waals surface area contributed by atoms with Crippen LogP contribution in [0.1, 0.15) is 30.7 Å². The molecule has 2 aliphatic heterocycles. The van der Waals surface area contributed by atoms with Gasteiger partial charge in [-0.1, -0.05) is 5.16 Å². The Morgan fingerprint density at radius 1 is 1.21 bits per heavy atom. The highest BCUT2D eigenvalue weighted by molar-refractivity contribution is 5.76. The molecule has 8 heteroatoms. The Bertz CT molecular complexity index is 810. The van der Waals surface area contributed by atoms with Crippen molar-refractivity contribution >= 4 is 5.91 Å². The lowest BCUT2D eigenvalue weighted by Crippen LogP contribution is -2.42. The van der Waals surface area contributed by atoms with Gasteiger partial charge < -0.3 is 14.2 Å². The molecule has 0 aromatic carbocycles. The van der Waals surface area contributed by atoms with Crippen LogP contribution in [0, 0.1) is 12.8 Å². The number of piperidine rings is 1. The van der Waals surface area contributed by atoms with Crippen molar-refractivity contribution in [3.63, 3.8) is 0 Å². The maximum Gasteiger partial charge on any atom is 0.227 e. The van der Waals surface area contributed by atoms with Crippen LogP contribution in [0.3, 0.4) is 0 Å². The predicted octanol–water partition coefficient (Wildman–Crippen LogP) is 1.94. The number of morpholine rings is 1. The number of carbonyl (C=O) groups excluding carboxylic acids is 1. The molecule has 2 aromatic heterocycles. The van der Waals surface area contributed by atoms with Gasteiger partial charge in [-0.15, -0.1) is 0 Å². The highest BCUT2D eigenvalue weighted by atomic mass is 16.5. The molecular formula is C21H29N5O3. The lowest BCUT2D eigenvalue weighted by molar-refractivity contribution is -0.133. The number of aromatic nitrogens is 3. The first-order chi connectivity index (χ1) is 14.2. The fraction of sp³-hybridized carbons (Fsp3) is 0.619. The van der Waals surface area contributed by atoms with E-state index in [2.05, 4.69) is 20.0 Å². The van der Waals surface area contributed by atoms with Gasteiger partial charge in [-0.2, -0.15) is 4.98 Å². The van der Waals surface area contributed by atoms with Crippen LogP contribution < -0.4 is 0 Å². The quantitative estimate of drug-likeness (QED) is 0.734. The van der Waals surface area contributed by atoms with Gasteiger partial charge in [0.1, 0.15) is 5.69 Å². The molecule has 0 saturated carbocycles. The minimum atomic E-state index is 0.264. The lowest BCUT2D eigenvalue weighted by atomic mass is 9.93. The van der Waals surface area contributed by atoms with Crippen molar-refractivity contribution in [1.82, 2.24) is 24.9 Å². The largest absolute Gasteiger partial charge is 0.379 e. The number of hydrogen-bond acceptors (Lipinski definition) is 7. The van der Waals surface area contributed by atoms with Crippen LogP contribution in [-0.4, -0.2) is 76.8 Å². The molecule has 0 N–H and O–H groups in total. The van der Waals surface area contributed by atoms with Crippen LogP contribution in [0.5, 0.6) is 0 Å². The maximum atomic E-state index is 12.5. The number of pyridine rings is 1. The molecule has 0 radical (unpaired) electrons. The number of nitrogens with zero attached hydrogens (tertiary/aromatic N) is 5. The average Bonchev–Trinajstić information content (AvgIpc) is 3.22. The Morgan fingerprint density at radius 2 is 2.00 bits per heavy atom. The van der Waals surface area contributed by atoms with Crippen LogP contribution >= 0.6 is 0 Å². The number of ether oxygens (including phenoxy) is 1. The van der Waals surface area contributed by atoms with Gasteiger partial charge in [0, 0.05) is 51.8 Å². The van der Waals surface area contributed by atoms with Gasteiger partial charge >= 0.3 is 0 Å². The smallest absolute Gasteiger partial charge is 0.227 e. The molecule has 2 aromatic rings. The van der Waals surface area contributed by atoms with Crippen molar-refractivity contribution in [2.75, 3.05) is 45.9 Å². The SMILES string of the molecule is Cc1ccnc(-c2noc(CC3CCN(C(=O)CCN4CCOCC4)CC3)n2)c1. The van der Waals surface area contributed by atoms with Gasteiger partial charge in [0.05, 0.1) is 13.2 Å². The number of amides is 1. The van der Waals surface area contributed by atoms with Crippen LogP contribution in [0.25, 0.3) is 11.5 Å². The fourth-order valence-corrected chi connectivity index (χ4v) is 3.97. The Labute approximate surface area is 171 Å². The summed E-state index contributed by atoms with van der Waals surface area (Å²) in [5, 5.41) is 4.08. The summed E-state index contributed by atoms with van der Waals surface area (Å²) in [6.07, 6.45) is 5.07. The lowest BCUT2D eigenvalue weighted by Gasteiger charge is -2.32. The standard InChI is InChI=1S/C21H29N5O3/c1-16-2-6-22-18(14-16)21-23-19(29-24-21)15-17-3-8-26(9-4-17)20(27)5-7-25-10-12-28-13-11-25/h2,6,14,17H,3-5,7-13,15H2,1H3. The maximum absolute atomic E-state index is 12.5. The molecule has 2 saturated heterocycles. The second-order valence-corrected chi connectivity index (χ2v) is 7.96. The number of rotatable bonds is 6. The summed E-state index contributed by atoms with van der Waals surface area (Å²) in [4.78, 5) is 25.7. The van der Waals surface area contributed by atoms with Gasteiger partial charge in [-0.3, -0.25) is 14.7 Å². The Kier molecular flexibility index (Phi) is 6.51. The normalized spacial score (nSPS) is 18.9. The molecule has 0 atom stereocenters. The van der Waals surface area contributed by atoms with Crippen LogP contribution in [0.4, 0.5) is 0 Å². The zero-order chi connectivity index (χ0) is 20.1. The molecule has 0 bridgehead atoms. The van der Waals surface area contributed by atoms with Gasteiger partial charge in [0.2, 0.25) is 17.6 Å². The highest BCUT2D eigenvalue weighted by Crippen LogP contribution is 2.23. The van der Waals surface area contributed by atoms with E-state index in [1.807, 2.05) is 24.0 Å². The van der Waals surface area contributed by atoms with E-state index in [0.717, 1.165) is 76.5 Å². The van der Waals surface area contributed by atoms with Gasteiger partial charge in [-0.25, -0.2) is 0 Å². The summed E-state index contributed by atoms with van der Waals surface area (Å²) in [7, 11) is 0. The zero-order valence-corrected chi connectivity index (χ0v) is 17.0. The third kappa shape index (κ3) is 5.39. The molecule has 0 spiro atoms. The fourth-order valence-electron chi connectivity index (χ4n) is 3.97. The van der Waals surface area contributed by atoms with E-state index >= 15 is 0 Å². The monoisotopic (exact) mass is 399 g/mol. The Hall–Kier alpha value is -2.32. The van der Waals surface area contributed by atoms with Crippen molar-refractivity contribution in [3.8, 4) is 11.5 Å². The minimum Gasteiger partial charge on any atom is -0.379 e. The van der Waals surface area contributed by atoms with Gasteiger partial charge in [-0.05, 0) is 43.4 Å². The number of carbonyl (C=O) groups is 1. The summed E-state index contributed by atoms with van der Waals surface area (Å²) in [6, 6.07) is 3.90. The zero-order valence-electron chi connectivity index (χ0n) is 17.0. The van der Waals surface area contributed by atoms with Crippen LogP contribution in [-0.2, 0) is 16.0 Å². The first-order valence-electron chi connectivity index (χ1n) is 10.5. The average molecular weight is 399 g/mol. The van der Waals surface area contributed by atoms with Crippen LogP contribution in [0.2, 0.25) is 0 Å². The van der Waals surface area contributed by atoms with Crippen molar-refractivity contribution in [1.29, 1.82) is 0 Å². The van der Waals surface area contributed by atoms with Crippen molar-refractivity contribution in [3.05, 3.63) is 29.8 Å². The van der Waals surface area contributed by atoms with E-state index in [1.165, 1.54) is 0 Å². The van der Waals surface area contributed by atoms with E-state index in [4.69, 9.17) is 9.26 Å². The summed E-state index contributed by atoms with van der Waals surface area (Å²) in [5.74, 6) is 1.93. The first kappa shape index (κ1) is 20.0. The van der Waals surface area contributed by atoms with E-state index < -0.39 is 0 Å². The second-order valence-electron chi connectivity index (χ2n) is 7.96. The summed E-state index contributed by atoms with van der Waals surface area (Å²) >= 11 is 0. The summed E-state index contributed by atoms with van der Waals surface area (Å²) < 4.78 is 10.8. The predicted molar refractivity (Wildman–Crippen MR) is 107 cm³/mol. The third-order valence-corrected chi connectivity index (χ3v) is 5.79. The van der Waals surface area contributed by atoms with Crippen molar-refractivity contribution < 1.29 is 14.1 Å². The first-order valence-corrected chi connectivity index (χ1v) is 10.5. The van der Waals surface area contributed by atoms with E-state index in [0.29, 0.717) is 24.1 Å². The molecule has 4 rings (SSSR count). The minimum absolute atomic E-state index is 0.264.